The third kappa shape index (κ3) is 6.10. The number of ether oxygens (including phenoxy) is 3. The number of hydrogen-bond acceptors (Lipinski definition) is 10. The van der Waals surface area contributed by atoms with Crippen LogP contribution in [0.2, 0.25) is 0 Å². The number of aromatic nitrogens is 3. The number of aliphatic hydroxyl groups is 1. The molecule has 5 aliphatic rings. The van der Waals surface area contributed by atoms with Gasteiger partial charge in [0.25, 0.3) is 0 Å². The molecular formula is C41H49F2N5O5. The second-order valence-corrected chi connectivity index (χ2v) is 16.7. The van der Waals surface area contributed by atoms with Gasteiger partial charge in [0.05, 0.1) is 38.4 Å². The molecule has 5 heterocycles. The number of pyridine rings is 1. The van der Waals surface area contributed by atoms with Crippen molar-refractivity contribution in [3.05, 3.63) is 47.7 Å². The van der Waals surface area contributed by atoms with Gasteiger partial charge < -0.3 is 29.3 Å². The Bertz CT molecular complexity index is 2050. The number of rotatable bonds is 7. The third-order valence-corrected chi connectivity index (χ3v) is 13.0. The summed E-state index contributed by atoms with van der Waals surface area (Å²) in [6.45, 7) is 7.97. The first-order valence-electron chi connectivity index (χ1n) is 19.4. The lowest BCUT2D eigenvalue weighted by Crippen LogP contribution is -2.60. The summed E-state index contributed by atoms with van der Waals surface area (Å²) in [5.74, 6) is -0.803. The van der Waals surface area contributed by atoms with Crippen molar-refractivity contribution in [3.8, 4) is 23.0 Å². The Morgan fingerprint density at radius 2 is 1.85 bits per heavy atom. The summed E-state index contributed by atoms with van der Waals surface area (Å²) in [6, 6.07) is 6.99. The summed E-state index contributed by atoms with van der Waals surface area (Å²) in [7, 11) is 0. The van der Waals surface area contributed by atoms with Gasteiger partial charge in [-0.2, -0.15) is 9.97 Å². The maximum atomic E-state index is 17.1. The molecule has 2 aromatic heterocycles. The second kappa shape index (κ2) is 13.2. The van der Waals surface area contributed by atoms with Crippen molar-refractivity contribution in [2.75, 3.05) is 57.6 Å². The quantitative estimate of drug-likeness (QED) is 0.217. The third-order valence-electron chi connectivity index (χ3n) is 13.0. The molecule has 0 radical (unpaired) electrons. The van der Waals surface area contributed by atoms with Crippen LogP contribution in [0.4, 0.5) is 14.6 Å². The highest BCUT2D eigenvalue weighted by molar-refractivity contribution is 6.01. The number of aryl methyl sites for hydroxylation is 1. The molecule has 10 nitrogen and oxygen atoms in total. The summed E-state index contributed by atoms with van der Waals surface area (Å²) >= 11 is 0. The van der Waals surface area contributed by atoms with Crippen molar-refractivity contribution in [1.29, 1.82) is 0 Å². The Labute approximate surface area is 308 Å². The van der Waals surface area contributed by atoms with Crippen molar-refractivity contribution < 1.29 is 33.2 Å². The van der Waals surface area contributed by atoms with E-state index in [0.717, 1.165) is 51.9 Å². The Balaban J connectivity index is 1.10. The van der Waals surface area contributed by atoms with Gasteiger partial charge in [0, 0.05) is 42.4 Å². The monoisotopic (exact) mass is 729 g/mol. The van der Waals surface area contributed by atoms with Crippen molar-refractivity contribution in [3.63, 3.8) is 0 Å². The van der Waals surface area contributed by atoms with Crippen LogP contribution in [0.15, 0.2) is 30.5 Å². The SMILES string of the molecule is CCc1c(F)ccc2cc(O)cc(-c3ncc4c(N5CCOC[C@@](C)(O)C5)nc(OC[C@]56CCC[C@H]5N(C5CC7(CCOC7)C5)CCC6)nc4c3F)c12. The van der Waals surface area contributed by atoms with E-state index in [4.69, 9.17) is 24.2 Å². The molecule has 3 atom stereocenters. The number of hydrogen-bond donors (Lipinski definition) is 2. The van der Waals surface area contributed by atoms with Crippen LogP contribution in [0.25, 0.3) is 32.9 Å². The molecule has 2 N–H and O–H groups in total. The van der Waals surface area contributed by atoms with Crippen molar-refractivity contribution >= 4 is 27.5 Å². The molecule has 12 heteroatoms. The molecule has 2 aromatic carbocycles. The Morgan fingerprint density at radius 3 is 2.66 bits per heavy atom. The summed E-state index contributed by atoms with van der Waals surface area (Å²) in [5.41, 5.74) is -0.199. The van der Waals surface area contributed by atoms with Crippen LogP contribution >= 0.6 is 0 Å². The molecule has 4 aromatic rings. The maximum Gasteiger partial charge on any atom is 0.319 e. The molecule has 0 bridgehead atoms. The molecule has 1 spiro atoms. The van der Waals surface area contributed by atoms with Crippen LogP contribution in [0.3, 0.4) is 0 Å². The number of aromatic hydroxyl groups is 1. The fraction of sp³-hybridized carbons (Fsp3) is 0.585. The maximum absolute atomic E-state index is 17.1. The van der Waals surface area contributed by atoms with E-state index >= 15 is 8.78 Å². The molecule has 2 saturated carbocycles. The molecular weight excluding hydrogens is 680 g/mol. The number of nitrogens with zero attached hydrogens (tertiary/aromatic N) is 5. The normalized spacial score (nSPS) is 30.5. The summed E-state index contributed by atoms with van der Waals surface area (Å²) in [5, 5.41) is 23.2. The minimum Gasteiger partial charge on any atom is -0.508 e. The number of fused-ring (bicyclic) bond motifs is 3. The number of β-amino-alcohol motifs (C(OH)–C–C–N with tert-alkyl or cyclic N) is 1. The summed E-state index contributed by atoms with van der Waals surface area (Å²) in [4.78, 5) is 18.9. The Morgan fingerprint density at radius 1 is 1.02 bits per heavy atom. The zero-order valence-electron chi connectivity index (χ0n) is 30.7. The minimum absolute atomic E-state index is 0.00930. The molecule has 53 heavy (non-hydrogen) atoms. The predicted molar refractivity (Wildman–Crippen MR) is 197 cm³/mol. The average Bonchev–Trinajstić information content (AvgIpc) is 3.76. The van der Waals surface area contributed by atoms with Crippen LogP contribution in [0.5, 0.6) is 11.8 Å². The first kappa shape index (κ1) is 35.0. The van der Waals surface area contributed by atoms with Crippen molar-refractivity contribution in [2.24, 2.45) is 10.8 Å². The number of piperidine rings is 1. The van der Waals surface area contributed by atoms with Crippen molar-refractivity contribution in [1.82, 2.24) is 19.9 Å². The largest absolute Gasteiger partial charge is 0.508 e. The van der Waals surface area contributed by atoms with Gasteiger partial charge in [-0.05, 0) is 105 Å². The topological polar surface area (TPSA) is 113 Å². The van der Waals surface area contributed by atoms with Gasteiger partial charge in [-0.1, -0.05) is 19.4 Å². The van der Waals surface area contributed by atoms with E-state index in [1.165, 1.54) is 37.6 Å². The smallest absolute Gasteiger partial charge is 0.319 e. The molecule has 3 aliphatic heterocycles. The molecule has 0 amide bonds. The highest BCUT2D eigenvalue weighted by Gasteiger charge is 2.55. The Hall–Kier alpha value is -3.71. The van der Waals surface area contributed by atoms with Crippen LogP contribution in [-0.4, -0.2) is 100 Å². The van der Waals surface area contributed by atoms with E-state index in [-0.39, 0.29) is 47.1 Å². The van der Waals surface area contributed by atoms with Crippen LogP contribution < -0.4 is 9.64 Å². The minimum atomic E-state index is -1.17. The number of anilines is 1. The molecule has 2 aliphatic carbocycles. The fourth-order valence-electron chi connectivity index (χ4n) is 10.5. The van der Waals surface area contributed by atoms with Gasteiger partial charge >= 0.3 is 6.01 Å². The lowest BCUT2D eigenvalue weighted by atomic mass is 9.63. The second-order valence-electron chi connectivity index (χ2n) is 16.7. The molecule has 282 valence electrons. The standard InChI is InChI=1S/C41H49F2N5O5/c1-3-28-31(42)8-7-25-16-27(49)17-29(33(25)28)35-34(43)36-30(20-44-35)37(47-13-15-52-22-39(2,50)21-47)46-38(45-36)53-24-41-9-4-6-32(41)48(12-5-10-41)26-18-40(19-26)11-14-51-23-40/h7-8,16-17,20,26,32,49-50H,3-6,9-15,18-19,21-24H2,1-2H3/t26?,32-,39+,40?,41-/m1/s1. The number of phenols is 1. The number of halogens is 2. The van der Waals surface area contributed by atoms with Gasteiger partial charge in [-0.15, -0.1) is 0 Å². The fourth-order valence-corrected chi connectivity index (χ4v) is 10.5. The Kier molecular flexibility index (Phi) is 8.75. The highest BCUT2D eigenvalue weighted by atomic mass is 19.1. The van der Waals surface area contributed by atoms with Crippen LogP contribution in [0, 0.1) is 22.5 Å². The lowest BCUT2D eigenvalue weighted by molar-refractivity contribution is -0.0813. The molecule has 0 unspecified atom stereocenters. The van der Waals surface area contributed by atoms with Crippen molar-refractivity contribution in [2.45, 2.75) is 89.3 Å². The first-order chi connectivity index (χ1) is 25.6. The van der Waals surface area contributed by atoms with Crippen LogP contribution in [0.1, 0.15) is 70.8 Å². The van der Waals surface area contributed by atoms with Gasteiger partial charge in [-0.3, -0.25) is 9.88 Å². The van der Waals surface area contributed by atoms with E-state index in [0.29, 0.717) is 71.2 Å². The number of benzene rings is 2. The van der Waals surface area contributed by atoms with Gasteiger partial charge in [0.15, 0.2) is 5.82 Å². The zero-order valence-corrected chi connectivity index (χ0v) is 30.7. The van der Waals surface area contributed by atoms with E-state index in [1.807, 2.05) is 11.8 Å². The number of phenolic OH excluding ortho intramolecular Hbond substituents is 1. The highest BCUT2D eigenvalue weighted by Crippen LogP contribution is 2.55. The summed E-state index contributed by atoms with van der Waals surface area (Å²) < 4.78 is 50.4. The van der Waals surface area contributed by atoms with Crippen LogP contribution in [-0.2, 0) is 15.9 Å². The van der Waals surface area contributed by atoms with Gasteiger partial charge in [0.1, 0.15) is 34.2 Å². The molecule has 9 rings (SSSR count). The zero-order chi connectivity index (χ0) is 36.5. The van der Waals surface area contributed by atoms with E-state index < -0.39 is 17.2 Å². The predicted octanol–water partition coefficient (Wildman–Crippen LogP) is 6.56. The van der Waals surface area contributed by atoms with E-state index in [9.17, 15) is 10.2 Å². The first-order valence-corrected chi connectivity index (χ1v) is 19.4. The van der Waals surface area contributed by atoms with E-state index in [1.54, 1.807) is 19.1 Å². The average molecular weight is 730 g/mol. The summed E-state index contributed by atoms with van der Waals surface area (Å²) in [6.07, 6.45) is 11.0. The molecule has 3 saturated heterocycles. The van der Waals surface area contributed by atoms with E-state index in [2.05, 4.69) is 9.88 Å². The number of likely N-dealkylation sites (tertiary alicyclic amines) is 1. The van der Waals surface area contributed by atoms with Gasteiger partial charge in [0.2, 0.25) is 0 Å². The molecule has 5 fully saturated rings. The lowest BCUT2D eigenvalue weighted by Gasteiger charge is -2.56. The van der Waals surface area contributed by atoms with Gasteiger partial charge in [-0.25, -0.2) is 8.78 Å².